The number of H-pyrrole nitrogens is 1. The predicted octanol–water partition coefficient (Wildman–Crippen LogP) is 1.83. The van der Waals surface area contributed by atoms with Crippen LogP contribution in [0.25, 0.3) is 21.5 Å². The van der Waals surface area contributed by atoms with Crippen LogP contribution in [0, 0.1) is 0 Å². The molecule has 0 atom stereocenters. The summed E-state index contributed by atoms with van der Waals surface area (Å²) < 4.78 is 5.95. The summed E-state index contributed by atoms with van der Waals surface area (Å²) in [5.74, 6) is 0.407. The fraction of sp³-hybridized carbons (Fsp3) is 0. The fourth-order valence-corrected chi connectivity index (χ4v) is 2.28. The molecule has 0 aliphatic heterocycles. The molecule has 0 aliphatic carbocycles. The molecule has 6 heteroatoms. The van der Waals surface area contributed by atoms with Crippen molar-refractivity contribution in [1.29, 1.82) is 0 Å². The standard InChI is InChI=1S/C10H7N3O2S/c11-8-4-6(12-13-8)5-2-1-3-7-9(5)15-10(14)16-7/h1-4H,(H3,11,12,13). The van der Waals surface area contributed by atoms with E-state index in [0.717, 1.165) is 27.3 Å². The summed E-state index contributed by atoms with van der Waals surface area (Å²) in [5.41, 5.74) is 7.64. The molecule has 0 bridgehead atoms. The van der Waals surface area contributed by atoms with Crippen LogP contribution >= 0.6 is 11.3 Å². The van der Waals surface area contributed by atoms with E-state index in [1.807, 2.05) is 18.2 Å². The number of rotatable bonds is 1. The van der Waals surface area contributed by atoms with Gasteiger partial charge in [0, 0.05) is 11.6 Å². The zero-order chi connectivity index (χ0) is 11.1. The Balaban J connectivity index is 2.34. The molecule has 2 heterocycles. The first kappa shape index (κ1) is 9.17. The van der Waals surface area contributed by atoms with E-state index in [-0.39, 0.29) is 4.94 Å². The lowest BCUT2D eigenvalue weighted by molar-refractivity contribution is 0.586. The average molecular weight is 233 g/mol. The van der Waals surface area contributed by atoms with Crippen LogP contribution in [0.4, 0.5) is 5.82 Å². The van der Waals surface area contributed by atoms with Crippen LogP contribution < -0.4 is 10.7 Å². The minimum atomic E-state index is -0.310. The quantitative estimate of drug-likeness (QED) is 0.671. The molecular weight excluding hydrogens is 226 g/mol. The fourth-order valence-electron chi connectivity index (χ4n) is 1.58. The maximum absolute atomic E-state index is 11.2. The largest absolute Gasteiger partial charge is 0.413 e. The van der Waals surface area contributed by atoms with Crippen LogP contribution in [0.15, 0.2) is 33.5 Å². The molecule has 2 aromatic heterocycles. The third-order valence-corrected chi connectivity index (χ3v) is 3.04. The Morgan fingerprint density at radius 2 is 2.31 bits per heavy atom. The highest BCUT2D eigenvalue weighted by Crippen LogP contribution is 2.29. The number of nitrogens with one attached hydrogen (secondary N) is 1. The molecule has 3 rings (SSSR count). The number of nitrogens with zero attached hydrogens (tertiary/aromatic N) is 1. The summed E-state index contributed by atoms with van der Waals surface area (Å²) in [4.78, 5) is 10.9. The number of benzene rings is 1. The van der Waals surface area contributed by atoms with E-state index in [9.17, 15) is 4.79 Å². The van der Waals surface area contributed by atoms with Crippen molar-refractivity contribution >= 4 is 27.4 Å². The first-order valence-corrected chi connectivity index (χ1v) is 5.39. The molecule has 80 valence electrons. The first-order valence-electron chi connectivity index (χ1n) is 4.58. The van der Waals surface area contributed by atoms with Crippen molar-refractivity contribution in [1.82, 2.24) is 10.2 Å². The highest BCUT2D eigenvalue weighted by molar-refractivity contribution is 7.16. The molecule has 0 saturated heterocycles. The molecule has 0 amide bonds. The number of fused-ring (bicyclic) bond motifs is 1. The van der Waals surface area contributed by atoms with Crippen molar-refractivity contribution in [3.8, 4) is 11.3 Å². The molecule has 0 radical (unpaired) electrons. The van der Waals surface area contributed by atoms with Crippen LogP contribution in [0.2, 0.25) is 0 Å². The Kier molecular flexibility index (Phi) is 1.84. The predicted molar refractivity (Wildman–Crippen MR) is 62.4 cm³/mol. The Morgan fingerprint density at radius 1 is 1.44 bits per heavy atom. The lowest BCUT2D eigenvalue weighted by Gasteiger charge is -1.96. The number of nitrogens with two attached hydrogens (primary N) is 1. The van der Waals surface area contributed by atoms with Crippen LogP contribution in [-0.2, 0) is 0 Å². The Labute approximate surface area is 93.5 Å². The molecule has 0 unspecified atom stereocenters. The summed E-state index contributed by atoms with van der Waals surface area (Å²) in [6.45, 7) is 0. The molecular formula is C10H7N3O2S. The molecule has 1 aromatic carbocycles. The normalized spacial score (nSPS) is 11.0. The monoisotopic (exact) mass is 233 g/mol. The Bertz CT molecular complexity index is 710. The molecule has 3 aromatic rings. The number of hydrogen-bond donors (Lipinski definition) is 2. The molecule has 0 saturated carbocycles. The van der Waals surface area contributed by atoms with E-state index in [0.29, 0.717) is 11.4 Å². The van der Waals surface area contributed by atoms with Gasteiger partial charge in [0.05, 0.1) is 10.4 Å². The Hall–Kier alpha value is -2.08. The van der Waals surface area contributed by atoms with E-state index in [4.69, 9.17) is 10.2 Å². The summed E-state index contributed by atoms with van der Waals surface area (Å²) in [5, 5.41) is 6.63. The molecule has 16 heavy (non-hydrogen) atoms. The third-order valence-electron chi connectivity index (χ3n) is 2.25. The Morgan fingerprint density at radius 3 is 3.06 bits per heavy atom. The molecule has 0 spiro atoms. The van der Waals surface area contributed by atoms with Crippen molar-refractivity contribution in [2.75, 3.05) is 5.73 Å². The highest BCUT2D eigenvalue weighted by atomic mass is 32.1. The maximum Gasteiger partial charge on any atom is 0.396 e. The van der Waals surface area contributed by atoms with Gasteiger partial charge in [-0.15, -0.1) is 0 Å². The van der Waals surface area contributed by atoms with E-state index in [1.54, 1.807) is 6.07 Å². The van der Waals surface area contributed by atoms with Gasteiger partial charge in [0.1, 0.15) is 5.82 Å². The van der Waals surface area contributed by atoms with Gasteiger partial charge in [-0.05, 0) is 12.1 Å². The van der Waals surface area contributed by atoms with Gasteiger partial charge in [0.2, 0.25) is 0 Å². The summed E-state index contributed by atoms with van der Waals surface area (Å²) >= 11 is 1.08. The molecule has 0 aliphatic rings. The number of hydrogen-bond acceptors (Lipinski definition) is 5. The van der Waals surface area contributed by atoms with Gasteiger partial charge in [-0.2, -0.15) is 5.10 Å². The van der Waals surface area contributed by atoms with Crippen LogP contribution in [0.1, 0.15) is 0 Å². The third kappa shape index (κ3) is 1.31. The van der Waals surface area contributed by atoms with Crippen molar-refractivity contribution in [3.63, 3.8) is 0 Å². The minimum absolute atomic E-state index is 0.310. The number of aromatic amines is 1. The van der Waals surface area contributed by atoms with E-state index >= 15 is 0 Å². The van der Waals surface area contributed by atoms with Gasteiger partial charge in [0.25, 0.3) is 0 Å². The van der Waals surface area contributed by atoms with Crippen molar-refractivity contribution in [2.45, 2.75) is 0 Å². The molecule has 5 nitrogen and oxygen atoms in total. The van der Waals surface area contributed by atoms with E-state index in [1.165, 1.54) is 0 Å². The molecule has 3 N–H and O–H groups in total. The highest BCUT2D eigenvalue weighted by Gasteiger charge is 2.10. The number of aromatic nitrogens is 2. The second-order valence-corrected chi connectivity index (χ2v) is 4.27. The minimum Gasteiger partial charge on any atom is -0.413 e. The second kappa shape index (κ2) is 3.21. The van der Waals surface area contributed by atoms with Gasteiger partial charge in [0.15, 0.2) is 5.58 Å². The van der Waals surface area contributed by atoms with Gasteiger partial charge in [-0.1, -0.05) is 17.4 Å². The smallest absolute Gasteiger partial charge is 0.396 e. The summed E-state index contributed by atoms with van der Waals surface area (Å²) in [6.07, 6.45) is 0. The van der Waals surface area contributed by atoms with E-state index in [2.05, 4.69) is 10.2 Å². The number of para-hydroxylation sites is 1. The second-order valence-electron chi connectivity index (χ2n) is 3.29. The zero-order valence-corrected chi connectivity index (χ0v) is 8.88. The lowest BCUT2D eigenvalue weighted by atomic mass is 10.1. The average Bonchev–Trinajstić information content (AvgIpc) is 2.82. The van der Waals surface area contributed by atoms with Crippen LogP contribution in [-0.4, -0.2) is 10.2 Å². The number of anilines is 1. The van der Waals surface area contributed by atoms with Gasteiger partial charge in [-0.25, -0.2) is 4.79 Å². The van der Waals surface area contributed by atoms with Crippen molar-refractivity contribution < 1.29 is 4.42 Å². The maximum atomic E-state index is 11.2. The van der Waals surface area contributed by atoms with Gasteiger partial charge < -0.3 is 10.2 Å². The zero-order valence-electron chi connectivity index (χ0n) is 8.06. The number of nitrogen functional groups attached to an aromatic ring is 1. The van der Waals surface area contributed by atoms with Crippen LogP contribution in [0.5, 0.6) is 0 Å². The van der Waals surface area contributed by atoms with Crippen LogP contribution in [0.3, 0.4) is 0 Å². The lowest BCUT2D eigenvalue weighted by Crippen LogP contribution is -1.82. The SMILES string of the molecule is Nc1cc(-c2cccc3sc(=O)oc23)[nH]n1. The van der Waals surface area contributed by atoms with Crippen molar-refractivity contribution in [3.05, 3.63) is 34.0 Å². The first-order chi connectivity index (χ1) is 7.74. The van der Waals surface area contributed by atoms with Gasteiger partial charge >= 0.3 is 4.94 Å². The van der Waals surface area contributed by atoms with E-state index < -0.39 is 0 Å². The van der Waals surface area contributed by atoms with Crippen molar-refractivity contribution in [2.24, 2.45) is 0 Å². The van der Waals surface area contributed by atoms with Gasteiger partial charge in [-0.3, -0.25) is 5.10 Å². The topological polar surface area (TPSA) is 84.9 Å². The summed E-state index contributed by atoms with van der Waals surface area (Å²) in [7, 11) is 0. The molecule has 0 fully saturated rings. The summed E-state index contributed by atoms with van der Waals surface area (Å²) in [6, 6.07) is 7.26.